The van der Waals surface area contributed by atoms with Crippen LogP contribution in [0.15, 0.2) is 27.1 Å². The van der Waals surface area contributed by atoms with Crippen LogP contribution < -0.4 is 5.73 Å². The first-order valence-electron chi connectivity index (χ1n) is 6.65. The van der Waals surface area contributed by atoms with Crippen LogP contribution in [0, 0.1) is 6.92 Å². The molecule has 0 fully saturated rings. The number of benzene rings is 1. The Hall–Kier alpha value is -0.650. The zero-order chi connectivity index (χ0) is 14.9. The van der Waals surface area contributed by atoms with Gasteiger partial charge in [-0.25, -0.2) is 0 Å². The fraction of sp³-hybridized carbons (Fsp3) is 0.400. The molecule has 0 aliphatic carbocycles. The lowest BCUT2D eigenvalue weighted by Crippen LogP contribution is -2.16. The molecule has 2 aromatic rings. The summed E-state index contributed by atoms with van der Waals surface area (Å²) in [6, 6.07) is 6.27. The van der Waals surface area contributed by atoms with Crippen LogP contribution >= 0.6 is 31.9 Å². The van der Waals surface area contributed by atoms with Crippen molar-refractivity contribution in [2.75, 3.05) is 0 Å². The second-order valence-electron chi connectivity index (χ2n) is 5.06. The lowest BCUT2D eigenvalue weighted by molar-refractivity contribution is 0.636. The summed E-state index contributed by atoms with van der Waals surface area (Å²) in [5.41, 5.74) is 11.0. The van der Waals surface area contributed by atoms with E-state index in [0.717, 1.165) is 38.7 Å². The van der Waals surface area contributed by atoms with E-state index in [0.29, 0.717) is 0 Å². The van der Waals surface area contributed by atoms with Gasteiger partial charge in [0.05, 0.1) is 15.9 Å². The van der Waals surface area contributed by atoms with Crippen LogP contribution in [0.4, 0.5) is 0 Å². The lowest BCUT2D eigenvalue weighted by atomic mass is 10.0. The second-order valence-corrected chi connectivity index (χ2v) is 6.77. The van der Waals surface area contributed by atoms with Crippen LogP contribution in [0.5, 0.6) is 0 Å². The Kier molecular flexibility index (Phi) is 5.04. The van der Waals surface area contributed by atoms with Crippen molar-refractivity contribution in [3.8, 4) is 0 Å². The van der Waals surface area contributed by atoms with Gasteiger partial charge in [-0.3, -0.25) is 4.68 Å². The average molecular weight is 401 g/mol. The molecule has 1 unspecified atom stereocenters. The van der Waals surface area contributed by atoms with E-state index in [2.05, 4.69) is 69.0 Å². The lowest BCUT2D eigenvalue weighted by Gasteiger charge is -2.14. The summed E-state index contributed by atoms with van der Waals surface area (Å²) >= 11 is 7.17. The van der Waals surface area contributed by atoms with Crippen molar-refractivity contribution < 1.29 is 0 Å². The molecule has 1 atom stereocenters. The molecule has 3 nitrogen and oxygen atoms in total. The van der Waals surface area contributed by atoms with E-state index in [1.54, 1.807) is 0 Å². The van der Waals surface area contributed by atoms with Crippen LogP contribution in [-0.2, 0) is 19.9 Å². The zero-order valence-electron chi connectivity index (χ0n) is 12.0. The minimum Gasteiger partial charge on any atom is -0.324 e. The Morgan fingerprint density at radius 2 is 2.00 bits per heavy atom. The Balaban J connectivity index is 2.27. The summed E-state index contributed by atoms with van der Waals surface area (Å²) in [4.78, 5) is 0. The van der Waals surface area contributed by atoms with Crippen LogP contribution in [0.1, 0.15) is 35.5 Å². The molecule has 0 bridgehead atoms. The smallest absolute Gasteiger partial charge is 0.0766 e. The third kappa shape index (κ3) is 3.32. The van der Waals surface area contributed by atoms with Gasteiger partial charge < -0.3 is 5.73 Å². The highest BCUT2D eigenvalue weighted by Gasteiger charge is 2.17. The number of hydrogen-bond acceptors (Lipinski definition) is 2. The van der Waals surface area contributed by atoms with Crippen LogP contribution in [0.3, 0.4) is 0 Å². The summed E-state index contributed by atoms with van der Waals surface area (Å²) in [7, 11) is 1.97. The SMILES string of the molecule is CCc1nn(C)c(CC(N)c2cc(C)cc(Br)c2)c1Br. The molecule has 0 aliphatic heterocycles. The standard InChI is InChI=1S/C15H19Br2N3/c1-4-13-15(17)14(20(3)19-13)8-12(18)10-5-9(2)6-11(16)7-10/h5-7,12H,4,8,18H2,1-3H3. The van der Waals surface area contributed by atoms with E-state index in [1.807, 2.05) is 11.7 Å². The van der Waals surface area contributed by atoms with Gasteiger partial charge in [0.2, 0.25) is 0 Å². The molecule has 5 heteroatoms. The van der Waals surface area contributed by atoms with E-state index >= 15 is 0 Å². The number of rotatable bonds is 4. The first kappa shape index (κ1) is 15.7. The maximum Gasteiger partial charge on any atom is 0.0766 e. The predicted molar refractivity (Wildman–Crippen MR) is 89.8 cm³/mol. The van der Waals surface area contributed by atoms with E-state index < -0.39 is 0 Å². The van der Waals surface area contributed by atoms with Gasteiger partial charge in [0.1, 0.15) is 0 Å². The molecule has 0 amide bonds. The van der Waals surface area contributed by atoms with Crippen LogP contribution in [-0.4, -0.2) is 9.78 Å². The first-order chi connectivity index (χ1) is 9.42. The molecule has 1 aromatic carbocycles. The number of aromatic nitrogens is 2. The Morgan fingerprint density at radius 3 is 2.55 bits per heavy atom. The molecule has 1 heterocycles. The van der Waals surface area contributed by atoms with Gasteiger partial charge in [0.15, 0.2) is 0 Å². The molecular weight excluding hydrogens is 382 g/mol. The molecular formula is C15H19Br2N3. The van der Waals surface area contributed by atoms with Crippen LogP contribution in [0.25, 0.3) is 0 Å². The summed E-state index contributed by atoms with van der Waals surface area (Å²) < 4.78 is 4.08. The monoisotopic (exact) mass is 399 g/mol. The number of halogens is 2. The highest BCUT2D eigenvalue weighted by Crippen LogP contribution is 2.27. The van der Waals surface area contributed by atoms with Crippen molar-refractivity contribution in [1.29, 1.82) is 0 Å². The highest BCUT2D eigenvalue weighted by atomic mass is 79.9. The first-order valence-corrected chi connectivity index (χ1v) is 8.23. The van der Waals surface area contributed by atoms with Gasteiger partial charge in [-0.05, 0) is 52.5 Å². The van der Waals surface area contributed by atoms with Crippen molar-refractivity contribution in [2.45, 2.75) is 32.7 Å². The Bertz CT molecular complexity index is 600. The van der Waals surface area contributed by atoms with Gasteiger partial charge in [-0.2, -0.15) is 5.10 Å². The Labute approximate surface area is 136 Å². The van der Waals surface area contributed by atoms with Gasteiger partial charge in [0, 0.05) is 24.0 Å². The number of aryl methyl sites for hydroxylation is 3. The molecule has 0 saturated carbocycles. The van der Waals surface area contributed by atoms with E-state index in [-0.39, 0.29) is 6.04 Å². The fourth-order valence-electron chi connectivity index (χ4n) is 2.35. The average Bonchev–Trinajstić information content (AvgIpc) is 2.65. The van der Waals surface area contributed by atoms with Crippen LogP contribution in [0.2, 0.25) is 0 Å². The normalized spacial score (nSPS) is 12.7. The van der Waals surface area contributed by atoms with E-state index in [9.17, 15) is 0 Å². The summed E-state index contributed by atoms with van der Waals surface area (Å²) in [6.45, 7) is 4.19. The van der Waals surface area contributed by atoms with E-state index in [4.69, 9.17) is 5.73 Å². The van der Waals surface area contributed by atoms with E-state index in [1.165, 1.54) is 5.56 Å². The van der Waals surface area contributed by atoms with Crippen molar-refractivity contribution >= 4 is 31.9 Å². The number of nitrogens with two attached hydrogens (primary N) is 1. The Morgan fingerprint density at radius 1 is 1.30 bits per heavy atom. The number of hydrogen-bond donors (Lipinski definition) is 1. The summed E-state index contributed by atoms with van der Waals surface area (Å²) in [6.07, 6.45) is 1.68. The quantitative estimate of drug-likeness (QED) is 0.840. The summed E-state index contributed by atoms with van der Waals surface area (Å²) in [5.74, 6) is 0. The van der Waals surface area contributed by atoms with Crippen molar-refractivity contribution in [1.82, 2.24) is 9.78 Å². The topological polar surface area (TPSA) is 43.8 Å². The highest BCUT2D eigenvalue weighted by molar-refractivity contribution is 9.10. The second kappa shape index (κ2) is 6.41. The molecule has 1 aromatic heterocycles. The molecule has 20 heavy (non-hydrogen) atoms. The third-order valence-corrected chi connectivity index (χ3v) is 4.78. The van der Waals surface area contributed by atoms with Gasteiger partial charge in [0.25, 0.3) is 0 Å². The third-order valence-electron chi connectivity index (χ3n) is 3.41. The maximum absolute atomic E-state index is 6.37. The van der Waals surface area contributed by atoms with Gasteiger partial charge in [-0.15, -0.1) is 0 Å². The van der Waals surface area contributed by atoms with Crippen molar-refractivity contribution in [3.63, 3.8) is 0 Å². The molecule has 0 aliphatic rings. The number of nitrogens with zero attached hydrogens (tertiary/aromatic N) is 2. The molecule has 2 N–H and O–H groups in total. The van der Waals surface area contributed by atoms with Crippen molar-refractivity contribution in [3.05, 3.63) is 49.7 Å². The zero-order valence-corrected chi connectivity index (χ0v) is 15.1. The molecule has 0 saturated heterocycles. The molecule has 0 radical (unpaired) electrons. The molecule has 0 spiro atoms. The summed E-state index contributed by atoms with van der Waals surface area (Å²) in [5, 5.41) is 4.52. The predicted octanol–water partition coefficient (Wildman–Crippen LogP) is 4.06. The van der Waals surface area contributed by atoms with Gasteiger partial charge >= 0.3 is 0 Å². The fourth-order valence-corrected chi connectivity index (χ4v) is 3.75. The van der Waals surface area contributed by atoms with Gasteiger partial charge in [-0.1, -0.05) is 28.9 Å². The maximum atomic E-state index is 6.37. The van der Waals surface area contributed by atoms with Crippen molar-refractivity contribution in [2.24, 2.45) is 12.8 Å². The minimum absolute atomic E-state index is 0.0393. The minimum atomic E-state index is -0.0393. The largest absolute Gasteiger partial charge is 0.324 e. The molecule has 108 valence electrons. The molecule has 2 rings (SSSR count).